The Kier molecular flexibility index (Phi) is 4.52. The minimum absolute atomic E-state index is 0.856. The second kappa shape index (κ2) is 6.75. The van der Waals surface area contributed by atoms with E-state index in [4.69, 9.17) is 9.73 Å². The van der Waals surface area contributed by atoms with Crippen molar-refractivity contribution >= 4 is 11.9 Å². The molecule has 0 aliphatic rings. The van der Waals surface area contributed by atoms with Crippen molar-refractivity contribution in [3.63, 3.8) is 0 Å². The van der Waals surface area contributed by atoms with E-state index in [-0.39, 0.29) is 0 Å². The normalized spacial score (nSPS) is 11.2. The molecule has 122 valence electrons. The summed E-state index contributed by atoms with van der Waals surface area (Å²) in [6, 6.07) is 18.6. The molecule has 0 atom stereocenters. The summed E-state index contributed by atoms with van der Waals surface area (Å²) < 4.78 is 7.43. The fraction of sp³-hybridized carbons (Fsp3) is 0.190. The lowest BCUT2D eigenvalue weighted by Gasteiger charge is -2.10. The van der Waals surface area contributed by atoms with Crippen LogP contribution in [0.1, 0.15) is 22.5 Å². The molecule has 0 N–H and O–H groups in total. The van der Waals surface area contributed by atoms with Gasteiger partial charge in [0.05, 0.1) is 24.7 Å². The summed E-state index contributed by atoms with van der Waals surface area (Å²) in [6.07, 6.45) is 1.93. The molecular formula is C21H22N2O. The first-order valence-electron chi connectivity index (χ1n) is 8.02. The monoisotopic (exact) mass is 318 g/mol. The topological polar surface area (TPSA) is 26.5 Å². The number of ether oxygens (including phenoxy) is 1. The highest BCUT2D eigenvalue weighted by atomic mass is 16.5. The van der Waals surface area contributed by atoms with Crippen LogP contribution in [0, 0.1) is 20.8 Å². The summed E-state index contributed by atoms with van der Waals surface area (Å²) in [7, 11) is 1.68. The van der Waals surface area contributed by atoms with Crippen molar-refractivity contribution in [2.45, 2.75) is 20.8 Å². The third-order valence-electron chi connectivity index (χ3n) is 4.14. The summed E-state index contributed by atoms with van der Waals surface area (Å²) in [6.45, 7) is 6.27. The van der Waals surface area contributed by atoms with Crippen molar-refractivity contribution in [3.8, 4) is 11.4 Å². The Morgan fingerprint density at radius 2 is 1.67 bits per heavy atom. The van der Waals surface area contributed by atoms with Crippen LogP contribution < -0.4 is 4.74 Å². The van der Waals surface area contributed by atoms with E-state index in [1.54, 1.807) is 7.11 Å². The van der Waals surface area contributed by atoms with Crippen LogP contribution in [0.2, 0.25) is 0 Å². The van der Waals surface area contributed by atoms with E-state index in [2.05, 4.69) is 67.8 Å². The van der Waals surface area contributed by atoms with Gasteiger partial charge in [-0.1, -0.05) is 12.1 Å². The Morgan fingerprint density at radius 3 is 2.38 bits per heavy atom. The van der Waals surface area contributed by atoms with E-state index in [9.17, 15) is 0 Å². The Hall–Kier alpha value is -2.81. The van der Waals surface area contributed by atoms with Crippen LogP contribution in [0.25, 0.3) is 5.69 Å². The Labute approximate surface area is 143 Å². The van der Waals surface area contributed by atoms with Crippen LogP contribution in [0.4, 0.5) is 5.69 Å². The number of nitrogens with zero attached hydrogens (tertiary/aromatic N) is 2. The first-order chi connectivity index (χ1) is 11.6. The third kappa shape index (κ3) is 3.25. The fourth-order valence-electron chi connectivity index (χ4n) is 2.74. The van der Waals surface area contributed by atoms with Crippen molar-refractivity contribution in [1.29, 1.82) is 0 Å². The quantitative estimate of drug-likeness (QED) is 0.610. The number of hydrogen-bond donors (Lipinski definition) is 0. The van der Waals surface area contributed by atoms with Crippen LogP contribution in [-0.4, -0.2) is 17.9 Å². The van der Waals surface area contributed by atoms with E-state index in [0.717, 1.165) is 22.8 Å². The molecule has 3 rings (SSSR count). The van der Waals surface area contributed by atoms with Crippen LogP contribution in [-0.2, 0) is 0 Å². The van der Waals surface area contributed by atoms with Gasteiger partial charge in [-0.15, -0.1) is 0 Å². The van der Waals surface area contributed by atoms with E-state index in [0.29, 0.717) is 0 Å². The number of benzene rings is 2. The standard InChI is InChI=1S/C21H22N2O/c1-15-5-6-16(2)21(13-15)22-14-19-8-7-17(3)23(19)18-9-11-20(24-4)12-10-18/h5-14H,1-4H3. The first-order valence-corrected chi connectivity index (χ1v) is 8.02. The molecule has 0 spiro atoms. The molecule has 0 amide bonds. The van der Waals surface area contributed by atoms with E-state index >= 15 is 0 Å². The zero-order valence-electron chi connectivity index (χ0n) is 14.6. The van der Waals surface area contributed by atoms with Crippen LogP contribution in [0.5, 0.6) is 5.75 Å². The van der Waals surface area contributed by atoms with Gasteiger partial charge in [0.1, 0.15) is 5.75 Å². The molecule has 0 bridgehead atoms. The lowest BCUT2D eigenvalue weighted by molar-refractivity contribution is 0.414. The third-order valence-corrected chi connectivity index (χ3v) is 4.14. The fourth-order valence-corrected chi connectivity index (χ4v) is 2.74. The summed E-state index contributed by atoms with van der Waals surface area (Å²) in [5.74, 6) is 0.856. The maximum Gasteiger partial charge on any atom is 0.119 e. The summed E-state index contributed by atoms with van der Waals surface area (Å²) in [4.78, 5) is 4.70. The average Bonchev–Trinajstić information content (AvgIpc) is 2.96. The highest BCUT2D eigenvalue weighted by molar-refractivity contribution is 5.82. The molecule has 0 aliphatic carbocycles. The first kappa shape index (κ1) is 16.1. The van der Waals surface area contributed by atoms with Crippen molar-refractivity contribution in [3.05, 3.63) is 77.1 Å². The summed E-state index contributed by atoms with van der Waals surface area (Å²) in [5, 5.41) is 0. The molecule has 0 aliphatic heterocycles. The van der Waals surface area contributed by atoms with Gasteiger partial charge in [-0.25, -0.2) is 0 Å². The molecule has 0 radical (unpaired) electrons. The van der Waals surface area contributed by atoms with Gasteiger partial charge in [0.2, 0.25) is 0 Å². The van der Waals surface area contributed by atoms with E-state index in [1.165, 1.54) is 16.8 Å². The maximum absolute atomic E-state index is 5.24. The van der Waals surface area contributed by atoms with Crippen molar-refractivity contribution < 1.29 is 4.74 Å². The maximum atomic E-state index is 5.24. The van der Waals surface area contributed by atoms with Gasteiger partial charge in [0, 0.05) is 11.4 Å². The molecule has 0 saturated heterocycles. The predicted octanol–water partition coefficient (Wildman–Crippen LogP) is 5.16. The second-order valence-electron chi connectivity index (χ2n) is 5.98. The highest BCUT2D eigenvalue weighted by Crippen LogP contribution is 2.22. The van der Waals surface area contributed by atoms with Crippen LogP contribution in [0.3, 0.4) is 0 Å². The summed E-state index contributed by atoms with van der Waals surface area (Å²) >= 11 is 0. The lowest BCUT2D eigenvalue weighted by Crippen LogP contribution is -2.01. The second-order valence-corrected chi connectivity index (χ2v) is 5.98. The number of hydrogen-bond acceptors (Lipinski definition) is 2. The van der Waals surface area contributed by atoms with E-state index in [1.807, 2.05) is 18.3 Å². The predicted molar refractivity (Wildman–Crippen MR) is 100 cm³/mol. The SMILES string of the molecule is COc1ccc(-n2c(C)ccc2C=Nc2cc(C)ccc2C)cc1. The molecule has 0 saturated carbocycles. The molecule has 0 unspecified atom stereocenters. The number of methoxy groups -OCH3 is 1. The lowest BCUT2D eigenvalue weighted by atomic mass is 10.1. The number of aromatic nitrogens is 1. The Morgan fingerprint density at radius 1 is 0.917 bits per heavy atom. The van der Waals surface area contributed by atoms with Crippen LogP contribution in [0.15, 0.2) is 59.6 Å². The Bertz CT molecular complexity index is 873. The molecule has 3 nitrogen and oxygen atoms in total. The Balaban J connectivity index is 1.97. The molecular weight excluding hydrogens is 296 g/mol. The minimum atomic E-state index is 0.856. The molecule has 24 heavy (non-hydrogen) atoms. The minimum Gasteiger partial charge on any atom is -0.497 e. The molecule has 2 aromatic carbocycles. The van der Waals surface area contributed by atoms with Gasteiger partial charge in [-0.05, 0) is 74.4 Å². The zero-order chi connectivity index (χ0) is 17.1. The summed E-state index contributed by atoms with van der Waals surface area (Å²) in [5.41, 5.74) is 6.72. The van der Waals surface area contributed by atoms with Gasteiger partial charge in [-0.2, -0.15) is 0 Å². The average molecular weight is 318 g/mol. The van der Waals surface area contributed by atoms with Gasteiger partial charge < -0.3 is 9.30 Å². The van der Waals surface area contributed by atoms with E-state index < -0.39 is 0 Å². The van der Waals surface area contributed by atoms with Crippen molar-refractivity contribution in [2.75, 3.05) is 7.11 Å². The van der Waals surface area contributed by atoms with Gasteiger partial charge in [0.25, 0.3) is 0 Å². The largest absolute Gasteiger partial charge is 0.497 e. The van der Waals surface area contributed by atoms with Gasteiger partial charge in [-0.3, -0.25) is 4.99 Å². The highest BCUT2D eigenvalue weighted by Gasteiger charge is 2.06. The van der Waals surface area contributed by atoms with Crippen molar-refractivity contribution in [1.82, 2.24) is 4.57 Å². The molecule has 3 aromatic rings. The smallest absolute Gasteiger partial charge is 0.119 e. The zero-order valence-corrected chi connectivity index (χ0v) is 14.6. The van der Waals surface area contributed by atoms with Crippen molar-refractivity contribution in [2.24, 2.45) is 4.99 Å². The number of aliphatic imine (C=N–C) groups is 1. The molecule has 1 heterocycles. The van der Waals surface area contributed by atoms with Gasteiger partial charge in [0.15, 0.2) is 0 Å². The number of aryl methyl sites for hydroxylation is 3. The molecule has 3 heteroatoms. The van der Waals surface area contributed by atoms with Crippen LogP contribution >= 0.6 is 0 Å². The molecule has 0 fully saturated rings. The molecule has 1 aromatic heterocycles. The van der Waals surface area contributed by atoms with Gasteiger partial charge >= 0.3 is 0 Å². The number of rotatable bonds is 4.